The van der Waals surface area contributed by atoms with E-state index in [1.807, 2.05) is 26.0 Å². The van der Waals surface area contributed by atoms with Crippen LogP contribution in [-0.2, 0) is 10.3 Å². The van der Waals surface area contributed by atoms with Crippen molar-refractivity contribution in [2.45, 2.75) is 64.6 Å². The van der Waals surface area contributed by atoms with Crippen molar-refractivity contribution in [1.82, 2.24) is 4.90 Å². The fourth-order valence-electron chi connectivity index (χ4n) is 3.16. The van der Waals surface area contributed by atoms with Gasteiger partial charge in [-0.15, -0.1) is 0 Å². The van der Waals surface area contributed by atoms with Gasteiger partial charge in [-0.3, -0.25) is 4.90 Å². The first-order chi connectivity index (χ1) is 10.6. The van der Waals surface area contributed by atoms with Crippen molar-refractivity contribution in [3.05, 3.63) is 35.4 Å². The zero-order valence-corrected chi connectivity index (χ0v) is 16.0. The summed E-state index contributed by atoms with van der Waals surface area (Å²) < 4.78 is 5.91. The Bertz CT molecular complexity index is 549. The van der Waals surface area contributed by atoms with E-state index >= 15 is 0 Å². The second-order valence-electron chi connectivity index (χ2n) is 7.93. The van der Waals surface area contributed by atoms with Crippen LogP contribution in [0.15, 0.2) is 24.3 Å². The maximum Gasteiger partial charge on any atom is 0.142 e. The first kappa shape index (κ1) is 18.6. The smallest absolute Gasteiger partial charge is 0.142 e. The topological polar surface area (TPSA) is 32.7 Å². The molecule has 1 saturated heterocycles. The van der Waals surface area contributed by atoms with Crippen molar-refractivity contribution in [1.29, 1.82) is 0 Å². The number of likely N-dealkylation sites (tertiary alicyclic amines) is 1. The maximum absolute atomic E-state index is 10.4. The molecule has 0 amide bonds. The molecule has 23 heavy (non-hydrogen) atoms. The third-order valence-electron chi connectivity index (χ3n) is 4.24. The number of piperidine rings is 1. The predicted octanol–water partition coefficient (Wildman–Crippen LogP) is 4.14. The molecule has 0 unspecified atom stereocenters. The summed E-state index contributed by atoms with van der Waals surface area (Å²) >= 11 is 0. The Morgan fingerprint density at radius 3 is 2.22 bits per heavy atom. The molecule has 0 saturated carbocycles. The van der Waals surface area contributed by atoms with Gasteiger partial charge in [0.2, 0.25) is 0 Å². The Morgan fingerprint density at radius 1 is 1.13 bits per heavy atom. The molecule has 0 aliphatic carbocycles. The lowest BCUT2D eigenvalue weighted by molar-refractivity contribution is 0.0755. The highest BCUT2D eigenvalue weighted by Gasteiger charge is 2.28. The third-order valence-corrected chi connectivity index (χ3v) is 4.66. The number of benzene rings is 1. The zero-order valence-electron chi connectivity index (χ0n) is 15.0. The Labute approximate surface area is 142 Å². The molecular weight excluding hydrogens is 305 g/mol. The van der Waals surface area contributed by atoms with Gasteiger partial charge in [0.05, 0.1) is 11.2 Å². The van der Waals surface area contributed by atoms with E-state index in [0.717, 1.165) is 37.1 Å². The summed E-state index contributed by atoms with van der Waals surface area (Å²) in [6.45, 7) is 11.8. The molecule has 0 aromatic heterocycles. The molecule has 1 N–H and O–H groups in total. The standard InChI is InChI=1S/C19H30NO2P/c1-18(2,3)22-17(23)20-12-10-14(11-13-20)15-8-6-7-9-16(15)19(4,5)21/h6-9,14,21,23H,10-13H2,1-5H3. The quantitative estimate of drug-likeness (QED) is 0.840. The highest BCUT2D eigenvalue weighted by Crippen LogP contribution is 2.35. The average Bonchev–Trinajstić information content (AvgIpc) is 2.45. The van der Waals surface area contributed by atoms with E-state index in [1.165, 1.54) is 5.56 Å². The van der Waals surface area contributed by atoms with E-state index in [9.17, 15) is 5.11 Å². The molecule has 1 aromatic carbocycles. The maximum atomic E-state index is 10.4. The van der Waals surface area contributed by atoms with Crippen molar-refractivity contribution in [3.63, 3.8) is 0 Å². The Hall–Kier alpha value is -0.730. The summed E-state index contributed by atoms with van der Waals surface area (Å²) in [7, 11) is 3.63. The monoisotopic (exact) mass is 335 g/mol. The van der Waals surface area contributed by atoms with E-state index in [1.54, 1.807) is 0 Å². The Morgan fingerprint density at radius 2 is 1.70 bits per heavy atom. The highest BCUT2D eigenvalue weighted by atomic mass is 31.0. The zero-order chi connectivity index (χ0) is 17.3. The van der Waals surface area contributed by atoms with Gasteiger partial charge >= 0.3 is 0 Å². The molecule has 0 spiro atoms. The molecule has 128 valence electrons. The van der Waals surface area contributed by atoms with E-state index in [4.69, 9.17) is 4.74 Å². The summed E-state index contributed by atoms with van der Waals surface area (Å²) in [5.41, 5.74) is 2.17. The number of rotatable bonds is 4. The first-order valence-electron chi connectivity index (χ1n) is 8.42. The van der Waals surface area contributed by atoms with Crippen molar-refractivity contribution >= 4 is 14.5 Å². The minimum absolute atomic E-state index is 0.193. The summed E-state index contributed by atoms with van der Waals surface area (Å²) in [5.74, 6) is 0.489. The third kappa shape index (κ3) is 5.12. The first-order valence-corrected chi connectivity index (χ1v) is 8.92. The van der Waals surface area contributed by atoms with Crippen LogP contribution in [-0.4, -0.2) is 34.3 Å². The van der Waals surface area contributed by atoms with Crippen LogP contribution in [0.3, 0.4) is 0 Å². The largest absolute Gasteiger partial charge is 0.386 e. The molecule has 1 aromatic rings. The van der Waals surface area contributed by atoms with Gasteiger partial charge < -0.3 is 9.84 Å². The average molecular weight is 335 g/mol. The number of ether oxygens (including phenoxy) is 1. The minimum atomic E-state index is -0.796. The Kier molecular flexibility index (Phi) is 5.68. The number of hydrogen-bond donors (Lipinski definition) is 1. The van der Waals surface area contributed by atoms with Crippen LogP contribution in [0.25, 0.3) is 0 Å². The number of nitrogens with zero attached hydrogens (tertiary/aromatic N) is 1. The molecular formula is C19H30NO2P. The second-order valence-corrected chi connectivity index (χ2v) is 8.35. The molecule has 1 heterocycles. The van der Waals surface area contributed by atoms with Gasteiger partial charge in [-0.05, 0) is 64.5 Å². The molecule has 1 aliphatic heterocycles. The summed E-state index contributed by atoms with van der Waals surface area (Å²) in [4.78, 5) is 2.26. The van der Waals surface area contributed by atoms with Crippen molar-refractivity contribution in [2.75, 3.05) is 13.1 Å². The summed E-state index contributed by atoms with van der Waals surface area (Å²) in [6.07, 6.45) is 2.13. The van der Waals surface area contributed by atoms with Crippen molar-refractivity contribution in [3.8, 4) is 0 Å². The SMILES string of the molecule is CC(C)(C)OC(=P)N1CCC(c2ccccc2C(C)(C)O)CC1. The van der Waals surface area contributed by atoms with Crippen LogP contribution in [0.1, 0.15) is 64.5 Å². The van der Waals surface area contributed by atoms with E-state index < -0.39 is 5.60 Å². The van der Waals surface area contributed by atoms with Crippen molar-refractivity contribution < 1.29 is 9.84 Å². The minimum Gasteiger partial charge on any atom is -0.386 e. The van der Waals surface area contributed by atoms with Gasteiger partial charge in [-0.25, -0.2) is 0 Å². The van der Waals surface area contributed by atoms with Gasteiger partial charge in [0.15, 0.2) is 0 Å². The van der Waals surface area contributed by atoms with Gasteiger partial charge in [0, 0.05) is 13.1 Å². The highest BCUT2D eigenvalue weighted by molar-refractivity contribution is 7.20. The number of hydrogen-bond acceptors (Lipinski definition) is 2. The van der Waals surface area contributed by atoms with Crippen LogP contribution >= 0.6 is 8.86 Å². The fourth-order valence-corrected chi connectivity index (χ4v) is 3.69. The molecule has 0 bridgehead atoms. The van der Waals surface area contributed by atoms with Crippen LogP contribution < -0.4 is 0 Å². The fraction of sp³-hybridized carbons (Fsp3) is 0.632. The molecule has 1 fully saturated rings. The normalized spacial score (nSPS) is 18.2. The van der Waals surface area contributed by atoms with Gasteiger partial charge in [-0.2, -0.15) is 0 Å². The Balaban J connectivity index is 2.04. The predicted molar refractivity (Wildman–Crippen MR) is 99.4 cm³/mol. The lowest BCUT2D eigenvalue weighted by Gasteiger charge is -2.36. The van der Waals surface area contributed by atoms with E-state index in [2.05, 4.69) is 46.7 Å². The van der Waals surface area contributed by atoms with Gasteiger partial charge in [0.25, 0.3) is 0 Å². The second kappa shape index (κ2) is 7.03. The van der Waals surface area contributed by atoms with E-state index in [0.29, 0.717) is 5.92 Å². The van der Waals surface area contributed by atoms with Crippen LogP contribution in [0.5, 0.6) is 0 Å². The molecule has 2 rings (SSSR count). The molecule has 4 heteroatoms. The van der Waals surface area contributed by atoms with Crippen molar-refractivity contribution in [2.24, 2.45) is 0 Å². The molecule has 1 aliphatic rings. The lowest BCUT2D eigenvalue weighted by Crippen LogP contribution is -2.41. The molecule has 0 radical (unpaired) electrons. The molecule has 0 atom stereocenters. The molecule has 3 nitrogen and oxygen atoms in total. The van der Waals surface area contributed by atoms with Crippen LogP contribution in [0.2, 0.25) is 0 Å². The lowest BCUT2D eigenvalue weighted by atomic mass is 9.82. The van der Waals surface area contributed by atoms with Crippen LogP contribution in [0, 0.1) is 0 Å². The van der Waals surface area contributed by atoms with Gasteiger partial charge in [-0.1, -0.05) is 33.1 Å². The summed E-state index contributed by atoms with van der Waals surface area (Å²) in [6, 6.07) is 8.29. The van der Waals surface area contributed by atoms with Gasteiger partial charge in [0.1, 0.15) is 5.60 Å². The van der Waals surface area contributed by atoms with E-state index in [-0.39, 0.29) is 5.60 Å². The van der Waals surface area contributed by atoms with Crippen LogP contribution in [0.4, 0.5) is 0 Å². The summed E-state index contributed by atoms with van der Waals surface area (Å²) in [5, 5.41) is 10.4. The number of aliphatic hydroxyl groups is 1.